The maximum absolute atomic E-state index is 12.6. The molecule has 3 aliphatic carbocycles. The fraction of sp³-hybridized carbons (Fsp3) is 0.152. The molecule has 0 saturated carbocycles. The van der Waals surface area contributed by atoms with Gasteiger partial charge in [-0.2, -0.15) is 0 Å². The third kappa shape index (κ3) is 5.66. The van der Waals surface area contributed by atoms with Gasteiger partial charge < -0.3 is 5.73 Å². The smallest absolute Gasteiger partial charge is 0.174 e. The van der Waals surface area contributed by atoms with Crippen molar-refractivity contribution in [2.24, 2.45) is 5.18 Å². The molecule has 4 heteroatoms. The Labute approximate surface area is 292 Å². The lowest BCUT2D eigenvalue weighted by Crippen LogP contribution is -1.96. The zero-order valence-electron chi connectivity index (χ0n) is 28.0. The van der Waals surface area contributed by atoms with Crippen molar-refractivity contribution in [1.82, 2.24) is 0 Å². The second kappa shape index (κ2) is 12.7. The molecule has 0 saturated heterocycles. The van der Waals surface area contributed by atoms with Gasteiger partial charge in [0.2, 0.25) is 0 Å². The van der Waals surface area contributed by atoms with Gasteiger partial charge in [0.05, 0.1) is 6.42 Å². The Bertz CT molecular complexity index is 2420. The molecule has 0 fully saturated rings. The maximum atomic E-state index is 12.6. The number of nitroso groups, excluding NO2 is 1. The van der Waals surface area contributed by atoms with Gasteiger partial charge in [-0.1, -0.05) is 67.9 Å². The van der Waals surface area contributed by atoms with E-state index in [1.54, 1.807) is 24.3 Å². The summed E-state index contributed by atoms with van der Waals surface area (Å²) >= 11 is 0. The van der Waals surface area contributed by atoms with Crippen LogP contribution in [-0.4, -0.2) is 5.78 Å². The Morgan fingerprint density at radius 3 is 2.06 bits per heavy atom. The van der Waals surface area contributed by atoms with Crippen LogP contribution >= 0.6 is 0 Å². The zero-order valence-corrected chi connectivity index (χ0v) is 28.0. The number of carbonyl (C=O) groups excluding carboxylic acids is 1. The Hall–Kier alpha value is -6.23. The van der Waals surface area contributed by atoms with Crippen molar-refractivity contribution in [3.63, 3.8) is 0 Å². The zero-order chi connectivity index (χ0) is 34.4. The highest BCUT2D eigenvalue weighted by molar-refractivity contribution is 5.98. The molecule has 5 aromatic rings. The number of fused-ring (bicyclic) bond motifs is 5. The molecule has 0 amide bonds. The van der Waals surface area contributed by atoms with Crippen LogP contribution in [0, 0.1) is 28.6 Å². The number of hydrogen-bond donors (Lipinski definition) is 1. The summed E-state index contributed by atoms with van der Waals surface area (Å²) in [4.78, 5) is 23.2. The highest BCUT2D eigenvalue weighted by Crippen LogP contribution is 2.49. The van der Waals surface area contributed by atoms with Gasteiger partial charge in [-0.3, -0.25) is 4.79 Å². The van der Waals surface area contributed by atoms with Gasteiger partial charge in [0, 0.05) is 39.8 Å². The first-order valence-electron chi connectivity index (χ1n) is 17.1. The summed E-state index contributed by atoms with van der Waals surface area (Å²) in [6, 6.07) is 34.3. The first kappa shape index (κ1) is 31.1. The van der Waals surface area contributed by atoms with E-state index in [4.69, 9.17) is 5.73 Å². The number of hydrogen-bond acceptors (Lipinski definition) is 4. The second-order valence-electron chi connectivity index (χ2n) is 13.4. The Balaban J connectivity index is 0.995. The van der Waals surface area contributed by atoms with E-state index in [-0.39, 0.29) is 18.1 Å². The van der Waals surface area contributed by atoms with Crippen molar-refractivity contribution < 1.29 is 4.79 Å². The number of nitrogens with zero attached hydrogens (tertiary/aromatic N) is 1. The van der Waals surface area contributed by atoms with Gasteiger partial charge in [-0.25, -0.2) is 0 Å². The van der Waals surface area contributed by atoms with Crippen LogP contribution in [0.1, 0.15) is 88.7 Å². The maximum Gasteiger partial charge on any atom is 0.174 e. The highest BCUT2D eigenvalue weighted by Gasteiger charge is 2.30. The third-order valence-electron chi connectivity index (χ3n) is 10.3. The average Bonchev–Trinajstić information content (AvgIpc) is 3.59. The molecular weight excluding hydrogens is 613 g/mol. The van der Waals surface area contributed by atoms with Crippen LogP contribution in [0.15, 0.2) is 126 Å². The van der Waals surface area contributed by atoms with Crippen LogP contribution in [0.5, 0.6) is 0 Å². The summed E-state index contributed by atoms with van der Waals surface area (Å²) in [5.41, 5.74) is 23.7. The summed E-state index contributed by atoms with van der Waals surface area (Å²) in [6.07, 6.45) is 4.40. The number of allylic oxidation sites excluding steroid dienone is 4. The van der Waals surface area contributed by atoms with E-state index >= 15 is 0 Å². The minimum Gasteiger partial charge on any atom is -0.399 e. The molecular formula is C46H34N2O2. The molecule has 50 heavy (non-hydrogen) atoms. The molecule has 4 nitrogen and oxygen atoms in total. The molecule has 0 aromatic heterocycles. The van der Waals surface area contributed by atoms with E-state index in [1.165, 1.54) is 61.2 Å². The van der Waals surface area contributed by atoms with Crippen LogP contribution < -0.4 is 5.73 Å². The quantitative estimate of drug-likeness (QED) is 0.0914. The van der Waals surface area contributed by atoms with Gasteiger partial charge in [-0.05, 0) is 153 Å². The number of nitrogens with two attached hydrogens (primary N) is 1. The first-order chi connectivity index (χ1) is 24.4. The van der Waals surface area contributed by atoms with E-state index in [0.29, 0.717) is 17.2 Å². The van der Waals surface area contributed by atoms with Gasteiger partial charge in [0.15, 0.2) is 5.78 Å². The van der Waals surface area contributed by atoms with Crippen molar-refractivity contribution in [1.29, 1.82) is 0 Å². The predicted octanol–water partition coefficient (Wildman–Crippen LogP) is 10.7. The van der Waals surface area contributed by atoms with E-state index in [9.17, 15) is 9.70 Å². The van der Waals surface area contributed by atoms with Gasteiger partial charge in [0.1, 0.15) is 5.69 Å². The molecule has 1 unspecified atom stereocenters. The summed E-state index contributed by atoms with van der Waals surface area (Å²) in [5, 5.41) is 2.89. The van der Waals surface area contributed by atoms with E-state index in [1.807, 2.05) is 30.3 Å². The largest absolute Gasteiger partial charge is 0.399 e. The van der Waals surface area contributed by atoms with Crippen LogP contribution in [-0.2, 0) is 0 Å². The fourth-order valence-corrected chi connectivity index (χ4v) is 7.58. The molecule has 0 heterocycles. The lowest BCUT2D eigenvalue weighted by molar-refractivity contribution is 0.0998. The van der Waals surface area contributed by atoms with Crippen LogP contribution in [0.2, 0.25) is 0 Å². The molecule has 0 spiro atoms. The summed E-state index contributed by atoms with van der Waals surface area (Å²) in [6.45, 7) is 4.58. The molecule has 8 rings (SSSR count). The number of anilines is 1. The topological polar surface area (TPSA) is 72.5 Å². The van der Waals surface area contributed by atoms with Gasteiger partial charge in [0.25, 0.3) is 0 Å². The van der Waals surface area contributed by atoms with Crippen molar-refractivity contribution in [3.8, 4) is 45.9 Å². The number of nitrogen functional groups attached to an aromatic ring is 1. The van der Waals surface area contributed by atoms with Crippen molar-refractivity contribution in [3.05, 3.63) is 164 Å². The van der Waals surface area contributed by atoms with Gasteiger partial charge >= 0.3 is 0 Å². The number of carbonyl (C=O) groups is 1. The monoisotopic (exact) mass is 646 g/mol. The lowest BCUT2D eigenvalue weighted by Gasteiger charge is -2.14. The fourth-order valence-electron chi connectivity index (χ4n) is 7.58. The minimum absolute atomic E-state index is 0.0812. The SMILES string of the molecule is CC1C2=C(CCC(C#Cc3ccc(N)cc3)=C2)c2ccc(-c3ccc4c(c3)[C@H](C)c3cc(C#CCC(=O)c5ccc(N=O)cc5)ccc3-4)cc21. The van der Waals surface area contributed by atoms with Crippen LogP contribution in [0.25, 0.3) is 27.8 Å². The number of rotatable bonds is 4. The molecule has 3 aliphatic rings. The molecule has 2 N–H and O–H groups in total. The van der Waals surface area contributed by atoms with Crippen LogP contribution in [0.4, 0.5) is 11.4 Å². The Morgan fingerprint density at radius 1 is 0.700 bits per heavy atom. The molecule has 0 bridgehead atoms. The van der Waals surface area contributed by atoms with Crippen molar-refractivity contribution in [2.75, 3.05) is 5.73 Å². The van der Waals surface area contributed by atoms with Crippen molar-refractivity contribution >= 4 is 22.7 Å². The average molecular weight is 647 g/mol. The summed E-state index contributed by atoms with van der Waals surface area (Å²) in [7, 11) is 0. The summed E-state index contributed by atoms with van der Waals surface area (Å²) in [5.74, 6) is 13.4. The molecule has 5 aromatic carbocycles. The van der Waals surface area contributed by atoms with Gasteiger partial charge in [-0.15, -0.1) is 4.91 Å². The Morgan fingerprint density at radius 2 is 1.34 bits per heavy atom. The van der Waals surface area contributed by atoms with E-state index in [0.717, 1.165) is 29.7 Å². The minimum atomic E-state index is -0.0812. The number of Topliss-reactive ketones (excluding diaryl/α,β-unsaturated/α-hetero) is 1. The van der Waals surface area contributed by atoms with Crippen molar-refractivity contribution in [2.45, 2.75) is 44.9 Å². The second-order valence-corrected chi connectivity index (χ2v) is 13.4. The van der Waals surface area contributed by atoms with E-state index in [2.05, 4.69) is 97.3 Å². The van der Waals surface area contributed by atoms with E-state index < -0.39 is 0 Å². The Kier molecular flexibility index (Phi) is 7.87. The predicted molar refractivity (Wildman–Crippen MR) is 203 cm³/mol. The first-order valence-corrected chi connectivity index (χ1v) is 17.1. The van der Waals surface area contributed by atoms with Crippen LogP contribution in [0.3, 0.4) is 0 Å². The molecule has 0 aliphatic heterocycles. The normalized spacial score (nSPS) is 16.5. The standard InChI is InChI=1S/C46H34N2O2/c1-28-42-24-31(4-3-5-46(49)33-12-18-37(48-50)19-13-33)10-20-38(42)40-22-14-34(26-44(28)40)35-15-23-41-39-21-11-32(25-43(39)29(2)45(41)27-35)7-6-30-8-16-36(47)17-9-30/h8-10,12-20,22-29H,5,11,21,47H2,1-2H3/t28-,29?/m1/s1. The lowest BCUT2D eigenvalue weighted by atomic mass is 9.90. The number of benzene rings is 5. The molecule has 240 valence electrons. The third-order valence-corrected chi connectivity index (χ3v) is 10.3. The highest BCUT2D eigenvalue weighted by atomic mass is 16.3. The summed E-state index contributed by atoms with van der Waals surface area (Å²) < 4.78 is 0. The molecule has 2 atom stereocenters. The molecule has 0 radical (unpaired) electrons. The number of ketones is 1.